The molecule has 3 N–H and O–H groups in total. The van der Waals surface area contributed by atoms with Crippen molar-refractivity contribution in [2.24, 2.45) is 0 Å². The zero-order chi connectivity index (χ0) is 52.9. The van der Waals surface area contributed by atoms with Crippen LogP contribution in [0.1, 0.15) is 137 Å². The van der Waals surface area contributed by atoms with Crippen LogP contribution in [0.3, 0.4) is 0 Å². The number of rotatable bonds is 15. The van der Waals surface area contributed by atoms with Crippen molar-refractivity contribution in [3.63, 3.8) is 0 Å². The number of benzene rings is 2. The lowest BCUT2D eigenvalue weighted by Crippen LogP contribution is -2.47. The van der Waals surface area contributed by atoms with Crippen molar-refractivity contribution in [3.8, 4) is 5.69 Å². The van der Waals surface area contributed by atoms with E-state index in [1.807, 2.05) is 52.0 Å². The lowest BCUT2D eigenvalue weighted by atomic mass is 9.87. The quantitative estimate of drug-likeness (QED) is 0.0776. The molecule has 2 aromatic carbocycles. The number of nitrogens with zero attached hydrogens (tertiary/aromatic N) is 6. The summed E-state index contributed by atoms with van der Waals surface area (Å²) >= 11 is 0. The van der Waals surface area contributed by atoms with Crippen LogP contribution < -0.4 is 21.5 Å². The van der Waals surface area contributed by atoms with Crippen molar-refractivity contribution in [2.45, 2.75) is 124 Å². The third-order valence-corrected chi connectivity index (χ3v) is 14.4. The van der Waals surface area contributed by atoms with Gasteiger partial charge in [0.25, 0.3) is 5.56 Å². The van der Waals surface area contributed by atoms with Gasteiger partial charge in [-0.05, 0) is 152 Å². The number of amides is 2. The first-order valence-corrected chi connectivity index (χ1v) is 26.2. The van der Waals surface area contributed by atoms with E-state index in [4.69, 9.17) is 0 Å². The Kier molecular flexibility index (Phi) is 20.2. The number of Topliss-reactive ketones (excluding diaryl/α,β-unsaturated/α-hetero) is 1. The van der Waals surface area contributed by atoms with Crippen LogP contribution in [0.4, 0.5) is 24.5 Å². The highest BCUT2D eigenvalue weighted by atomic mass is 19.1. The Balaban J connectivity index is 0.000000231. The van der Waals surface area contributed by atoms with Gasteiger partial charge in [0.1, 0.15) is 23.5 Å². The second-order valence-electron chi connectivity index (χ2n) is 19.4. The van der Waals surface area contributed by atoms with Crippen LogP contribution in [0.2, 0.25) is 0 Å². The number of allylic oxidation sites excluding steroid dienone is 1. The van der Waals surface area contributed by atoms with E-state index in [9.17, 15) is 32.3 Å². The Labute approximate surface area is 429 Å². The van der Waals surface area contributed by atoms with Crippen LogP contribution in [0.15, 0.2) is 83.1 Å². The van der Waals surface area contributed by atoms with E-state index in [-0.39, 0.29) is 51.9 Å². The molecule has 0 spiro atoms. The number of carbonyl (C=O) groups is 3. The summed E-state index contributed by atoms with van der Waals surface area (Å²) in [5.74, 6) is -2.48. The molecule has 6 heterocycles. The van der Waals surface area contributed by atoms with Crippen molar-refractivity contribution >= 4 is 35.0 Å². The molecule has 16 heteroatoms. The van der Waals surface area contributed by atoms with Gasteiger partial charge in [-0.1, -0.05) is 45.4 Å². The molecule has 13 nitrogen and oxygen atoms in total. The maximum atomic E-state index is 15.0. The van der Waals surface area contributed by atoms with Crippen molar-refractivity contribution in [2.75, 3.05) is 70.5 Å². The average molecular weight is 1010 g/mol. The Bertz CT molecular complexity index is 2670. The van der Waals surface area contributed by atoms with E-state index in [0.29, 0.717) is 57.0 Å². The fourth-order valence-electron chi connectivity index (χ4n) is 10.4. The minimum Gasteiger partial charge on any atom is -0.388 e. The molecule has 2 atom stereocenters. The monoisotopic (exact) mass is 1010 g/mol. The molecule has 3 fully saturated rings. The molecule has 2 aromatic heterocycles. The minimum absolute atomic E-state index is 0.0576. The van der Waals surface area contributed by atoms with Crippen molar-refractivity contribution < 1.29 is 27.6 Å². The molecule has 73 heavy (non-hydrogen) atoms. The number of aromatic nitrogens is 2. The molecule has 8 rings (SSSR count). The fourth-order valence-corrected chi connectivity index (χ4v) is 10.4. The van der Waals surface area contributed by atoms with E-state index in [1.165, 1.54) is 18.7 Å². The molecule has 0 radical (unpaired) electrons. The second kappa shape index (κ2) is 26.2. The van der Waals surface area contributed by atoms with Gasteiger partial charge in [0.2, 0.25) is 11.8 Å². The van der Waals surface area contributed by atoms with Crippen LogP contribution in [-0.4, -0.2) is 119 Å². The Morgan fingerprint density at radius 1 is 0.849 bits per heavy atom. The molecule has 0 bridgehead atoms. The fraction of sp³-hybridized carbons (Fsp3) is 0.491. The number of ketones is 1. The number of piperidine rings is 3. The zero-order valence-electron chi connectivity index (χ0n) is 44.3. The number of imide groups is 1. The first-order valence-electron chi connectivity index (χ1n) is 26.2. The summed E-state index contributed by atoms with van der Waals surface area (Å²) < 4.78 is 45.9. The maximum absolute atomic E-state index is 15.0. The van der Waals surface area contributed by atoms with Crippen LogP contribution in [-0.2, 0) is 9.59 Å². The maximum Gasteiger partial charge on any atom is 0.257 e. The molecular weight excluding hydrogens is 932 g/mol. The molecular formula is C57H76F3N9O4. The number of pyridine rings is 2. The molecule has 4 aliphatic rings. The molecule has 2 unspecified atom stereocenters. The number of likely N-dealkylation sites (N-methyl/N-ethyl adjacent to an activating group) is 1. The van der Waals surface area contributed by atoms with Crippen LogP contribution >= 0.6 is 0 Å². The largest absolute Gasteiger partial charge is 0.388 e. The first-order chi connectivity index (χ1) is 35.1. The highest BCUT2D eigenvalue weighted by Crippen LogP contribution is 2.35. The standard InChI is InChI=1S/C29H32F2N4O2.C26H38FN5O2.C2H6/c1-18(13-24-19(2)33-9-5-27(24)35-12-8-23(32-4)16-28(35)37)17-34-10-6-21(7-11-34)29-25(30)14-22(20(3)36)15-26(29)31;1-4-12-32-20(5-2)16-21(30(32)3)17-31-13-10-18(11-14-31)22-7-6-19(15-23(22)27)28-24-8-9-25(33)29-26(24)34;1-2/h5,8-9,12-16,21,32H,6-7,10-11,17H2,1-4H3;6-7,15-16,18,21,24,28H,4-5,8-14,17H2,1-3H3,(H,29,33,34);1-2H3/b18-13+;;. The summed E-state index contributed by atoms with van der Waals surface area (Å²) in [5.41, 5.74) is 7.06. The smallest absolute Gasteiger partial charge is 0.257 e. The predicted octanol–water partition coefficient (Wildman–Crippen LogP) is 9.83. The van der Waals surface area contributed by atoms with E-state index < -0.39 is 17.7 Å². The lowest BCUT2D eigenvalue weighted by molar-refractivity contribution is -0.133. The van der Waals surface area contributed by atoms with Gasteiger partial charge >= 0.3 is 0 Å². The Hall–Kier alpha value is -6.10. The summed E-state index contributed by atoms with van der Waals surface area (Å²) in [6.07, 6.45) is 14.0. The molecule has 0 aliphatic carbocycles. The molecule has 0 saturated carbocycles. The molecule has 2 amide bonds. The number of halogens is 3. The number of hydrogen-bond donors (Lipinski definition) is 3. The molecule has 394 valence electrons. The molecule has 4 aliphatic heterocycles. The number of likely N-dealkylation sites (tertiary alicyclic amines) is 2. The Morgan fingerprint density at radius 2 is 1.52 bits per heavy atom. The minimum atomic E-state index is -0.641. The summed E-state index contributed by atoms with van der Waals surface area (Å²) in [4.78, 5) is 56.7. The summed E-state index contributed by atoms with van der Waals surface area (Å²) in [6, 6.07) is 12.6. The summed E-state index contributed by atoms with van der Waals surface area (Å²) in [6.45, 7) is 19.8. The van der Waals surface area contributed by atoms with Gasteiger partial charge in [0.05, 0.1) is 11.7 Å². The summed E-state index contributed by atoms with van der Waals surface area (Å²) in [5, 5.41) is 13.2. The lowest BCUT2D eigenvalue weighted by Gasteiger charge is -2.37. The predicted molar refractivity (Wildman–Crippen MR) is 285 cm³/mol. The van der Waals surface area contributed by atoms with E-state index in [0.717, 1.165) is 97.8 Å². The highest BCUT2D eigenvalue weighted by Gasteiger charge is 2.32. The second-order valence-corrected chi connectivity index (χ2v) is 19.4. The van der Waals surface area contributed by atoms with E-state index in [2.05, 4.69) is 73.8 Å². The number of aryl methyl sites for hydroxylation is 1. The van der Waals surface area contributed by atoms with Crippen LogP contribution in [0.25, 0.3) is 11.8 Å². The molecule has 3 saturated heterocycles. The van der Waals surface area contributed by atoms with Gasteiger partial charge in [-0.3, -0.25) is 38.9 Å². The number of carbonyl (C=O) groups excluding carboxylic acids is 3. The van der Waals surface area contributed by atoms with Crippen molar-refractivity contribution in [1.29, 1.82) is 0 Å². The molecule has 4 aromatic rings. The SMILES string of the molecule is CC.CCCN1C(CC)=CC(CN2CCC(c3ccc(NC4CCC(=O)NC4=O)cc3F)CC2)N1C.CNc1ccn(-c2ccnc(C)c2/C=C(\C)CN2CCC(c3c(F)cc(C(C)=O)cc3F)CC2)c(=O)c1. The number of anilines is 2. The van der Waals surface area contributed by atoms with Gasteiger partial charge in [0, 0.05) is 98.1 Å². The van der Waals surface area contributed by atoms with Gasteiger partial charge in [-0.25, -0.2) is 18.2 Å². The topological polar surface area (TPSA) is 135 Å². The number of hydrogen-bond acceptors (Lipinski definition) is 11. The van der Waals surface area contributed by atoms with Gasteiger partial charge < -0.3 is 20.5 Å². The third kappa shape index (κ3) is 14.2. The average Bonchev–Trinajstić information content (AvgIpc) is 3.66. The van der Waals surface area contributed by atoms with Crippen molar-refractivity contribution in [1.82, 2.24) is 34.7 Å². The highest BCUT2D eigenvalue weighted by molar-refractivity contribution is 6.01. The number of hydrazine groups is 1. The first kappa shape index (κ1) is 56.2. The van der Waals surface area contributed by atoms with E-state index in [1.54, 1.807) is 30.1 Å². The van der Waals surface area contributed by atoms with Crippen LogP contribution in [0.5, 0.6) is 0 Å². The van der Waals surface area contributed by atoms with Crippen molar-refractivity contribution in [3.05, 3.63) is 134 Å². The zero-order valence-corrected chi connectivity index (χ0v) is 44.3. The normalized spacial score (nSPS) is 19.4. The summed E-state index contributed by atoms with van der Waals surface area (Å²) in [7, 11) is 3.96. The van der Waals surface area contributed by atoms with Gasteiger partial charge in [-0.2, -0.15) is 0 Å². The van der Waals surface area contributed by atoms with E-state index >= 15 is 0 Å². The van der Waals surface area contributed by atoms with Gasteiger partial charge in [-0.15, -0.1) is 0 Å². The third-order valence-electron chi connectivity index (χ3n) is 14.4. The van der Waals surface area contributed by atoms with Gasteiger partial charge in [0.15, 0.2) is 5.78 Å². The van der Waals surface area contributed by atoms with Crippen LogP contribution in [0, 0.1) is 24.4 Å². The Morgan fingerprint density at radius 3 is 2.12 bits per heavy atom. The number of nitrogens with one attached hydrogen (secondary N) is 3.